The predicted molar refractivity (Wildman–Crippen MR) is 151 cm³/mol. The fourth-order valence-electron chi connectivity index (χ4n) is 4.05. The predicted octanol–water partition coefficient (Wildman–Crippen LogP) is 4.99. The van der Waals surface area contributed by atoms with Crippen molar-refractivity contribution in [3.63, 3.8) is 0 Å². The summed E-state index contributed by atoms with van der Waals surface area (Å²) in [5.41, 5.74) is 8.09. The monoisotopic (exact) mass is 551 g/mol. The largest absolute Gasteiger partial charge is 0.493 e. The van der Waals surface area contributed by atoms with Crippen LogP contribution >= 0.6 is 0 Å². The molecule has 0 spiro atoms. The van der Waals surface area contributed by atoms with Crippen LogP contribution in [0.25, 0.3) is 5.57 Å². The van der Waals surface area contributed by atoms with Gasteiger partial charge in [0.15, 0.2) is 23.1 Å². The molecule has 0 unspecified atom stereocenters. The Morgan fingerprint density at radius 3 is 2.45 bits per heavy atom. The second-order valence-corrected chi connectivity index (χ2v) is 8.75. The average Bonchev–Trinajstić information content (AvgIpc) is 2.94. The van der Waals surface area contributed by atoms with E-state index in [-0.39, 0.29) is 24.7 Å². The highest BCUT2D eigenvalue weighted by molar-refractivity contribution is 6.11. The second-order valence-electron chi connectivity index (χ2n) is 8.75. The number of carbonyl (C=O) groups excluding carboxylic acids is 1. The van der Waals surface area contributed by atoms with Crippen molar-refractivity contribution in [2.24, 2.45) is 15.7 Å². The van der Waals surface area contributed by atoms with Gasteiger partial charge in [-0.15, -0.1) is 0 Å². The van der Waals surface area contributed by atoms with E-state index in [1.165, 1.54) is 31.5 Å². The molecule has 0 fully saturated rings. The highest BCUT2D eigenvalue weighted by atomic mass is 19.1. The maximum Gasteiger partial charge on any atom is 0.331 e. The smallest absolute Gasteiger partial charge is 0.331 e. The zero-order chi connectivity index (χ0) is 29.4. The molecule has 2 aromatic rings. The lowest BCUT2D eigenvalue weighted by Crippen LogP contribution is -2.48. The van der Waals surface area contributed by atoms with Gasteiger partial charge in [-0.2, -0.15) is 5.26 Å². The first-order valence-corrected chi connectivity index (χ1v) is 12.4. The lowest BCUT2D eigenvalue weighted by atomic mass is 10.1. The van der Waals surface area contributed by atoms with Crippen LogP contribution in [0.4, 0.5) is 25.0 Å². The van der Waals surface area contributed by atoms with Crippen molar-refractivity contribution in [2.45, 2.75) is 33.2 Å². The molecular weight excluding hydrogens is 520 g/mol. The minimum atomic E-state index is -1.07. The Hall–Kier alpha value is -4.79. The molecule has 40 heavy (non-hydrogen) atoms. The Kier molecular flexibility index (Phi) is 9.92. The third kappa shape index (κ3) is 6.09. The SMILES string of the molecule is CCC/C=C(/C#N)C=NCN1C(=O)N(c2c(F)c(OC)cc(OC)c2F)Cc2cnc(C(C=NC)=C(C)N)cc21. The number of rotatable bonds is 10. The normalized spacial score (nSPS) is 14.4. The first-order chi connectivity index (χ1) is 19.2. The van der Waals surface area contributed by atoms with Gasteiger partial charge in [0.05, 0.1) is 37.7 Å². The number of methoxy groups -OCH3 is 2. The van der Waals surface area contributed by atoms with Crippen LogP contribution in [0.5, 0.6) is 11.5 Å². The van der Waals surface area contributed by atoms with Crippen molar-refractivity contribution >= 4 is 35.4 Å². The number of aromatic nitrogens is 1. The van der Waals surface area contributed by atoms with Crippen LogP contribution < -0.4 is 25.0 Å². The molecule has 2 N–H and O–H groups in total. The molecule has 1 aliphatic rings. The number of allylic oxidation sites excluding steroid dienone is 4. The Labute approximate surface area is 231 Å². The number of ether oxygens (including phenoxy) is 2. The topological polar surface area (TPSA) is 129 Å². The molecule has 0 aliphatic carbocycles. The minimum absolute atomic E-state index is 0.200. The van der Waals surface area contributed by atoms with Crippen LogP contribution in [-0.2, 0) is 6.54 Å². The molecule has 3 rings (SSSR count). The minimum Gasteiger partial charge on any atom is -0.493 e. The number of halogens is 2. The van der Waals surface area contributed by atoms with Crippen LogP contribution in [0.3, 0.4) is 0 Å². The number of unbranched alkanes of at least 4 members (excludes halogenated alkanes) is 1. The number of nitrogens with two attached hydrogens (primary N) is 1. The summed E-state index contributed by atoms with van der Waals surface area (Å²) >= 11 is 0. The van der Waals surface area contributed by atoms with E-state index in [1.54, 1.807) is 32.3 Å². The molecule has 0 saturated carbocycles. The van der Waals surface area contributed by atoms with Crippen molar-refractivity contribution < 1.29 is 23.0 Å². The van der Waals surface area contributed by atoms with E-state index < -0.39 is 23.4 Å². The van der Waals surface area contributed by atoms with E-state index in [9.17, 15) is 10.1 Å². The van der Waals surface area contributed by atoms with Gasteiger partial charge in [0.25, 0.3) is 0 Å². The number of pyridine rings is 1. The third-order valence-electron chi connectivity index (χ3n) is 6.06. The van der Waals surface area contributed by atoms with Gasteiger partial charge < -0.3 is 15.2 Å². The number of anilines is 2. The molecule has 1 aliphatic heterocycles. The zero-order valence-electron chi connectivity index (χ0n) is 23.0. The van der Waals surface area contributed by atoms with Crippen LogP contribution in [0.15, 0.2) is 45.7 Å². The average molecular weight is 552 g/mol. The lowest BCUT2D eigenvalue weighted by Gasteiger charge is -2.36. The van der Waals surface area contributed by atoms with Crippen molar-refractivity contribution in [2.75, 3.05) is 37.7 Å². The molecule has 1 aromatic heterocycles. The summed E-state index contributed by atoms with van der Waals surface area (Å²) in [6.45, 7) is 3.23. The van der Waals surface area contributed by atoms with E-state index in [0.717, 1.165) is 17.4 Å². The van der Waals surface area contributed by atoms with Crippen molar-refractivity contribution in [1.82, 2.24) is 4.98 Å². The molecule has 0 radical (unpaired) electrons. The number of nitrogens with zero attached hydrogens (tertiary/aromatic N) is 6. The molecule has 1 aromatic carbocycles. The molecule has 10 nitrogen and oxygen atoms in total. The number of urea groups is 1. The van der Waals surface area contributed by atoms with Gasteiger partial charge >= 0.3 is 6.03 Å². The number of amides is 2. The summed E-state index contributed by atoms with van der Waals surface area (Å²) in [4.78, 5) is 28.8. The number of hydrogen-bond acceptors (Lipinski definition) is 8. The van der Waals surface area contributed by atoms with Crippen LogP contribution in [0.2, 0.25) is 0 Å². The third-order valence-corrected chi connectivity index (χ3v) is 6.06. The first-order valence-electron chi connectivity index (χ1n) is 12.4. The Balaban J connectivity index is 2.19. The molecular formula is C28H31F2N7O3. The quantitative estimate of drug-likeness (QED) is 0.327. The molecule has 0 atom stereocenters. The molecule has 210 valence electrons. The standard InChI is InChI=1S/C28H31F2N7O3/c1-6-7-8-18(11-31)12-34-16-37-22-9-21(20(14-33-3)17(2)32)35-13-19(22)15-36(28(37)38)27-25(29)23(39-4)10-24(40-5)26(27)30/h8-10,12-14H,6-7,15-16,32H2,1-5H3/b18-8-,20-17?,33-14?,34-12?. The highest BCUT2D eigenvalue weighted by Crippen LogP contribution is 2.41. The second kappa shape index (κ2) is 13.3. The van der Waals surface area contributed by atoms with E-state index in [4.69, 9.17) is 15.2 Å². The number of carbonyl (C=O) groups is 1. The molecule has 0 bridgehead atoms. The molecule has 2 amide bonds. The van der Waals surface area contributed by atoms with Gasteiger partial charge in [0.1, 0.15) is 18.4 Å². The first kappa shape index (κ1) is 29.8. The Bertz CT molecular complexity index is 1410. The van der Waals surface area contributed by atoms with E-state index in [1.807, 2.05) is 6.92 Å². The number of nitriles is 1. The van der Waals surface area contributed by atoms with Crippen molar-refractivity contribution in [3.05, 3.63) is 58.6 Å². The number of hydrogen-bond donors (Lipinski definition) is 1. The summed E-state index contributed by atoms with van der Waals surface area (Å²) < 4.78 is 40.9. The summed E-state index contributed by atoms with van der Waals surface area (Å²) in [6, 6.07) is 4.01. The van der Waals surface area contributed by atoms with Gasteiger partial charge in [0, 0.05) is 48.6 Å². The Morgan fingerprint density at radius 1 is 1.23 bits per heavy atom. The van der Waals surface area contributed by atoms with Crippen molar-refractivity contribution in [3.8, 4) is 17.6 Å². The fourth-order valence-corrected chi connectivity index (χ4v) is 4.05. The summed E-state index contributed by atoms with van der Waals surface area (Å²) in [7, 11) is 4.04. The molecule has 2 heterocycles. The van der Waals surface area contributed by atoms with Gasteiger partial charge in [-0.1, -0.05) is 19.4 Å². The summed E-state index contributed by atoms with van der Waals surface area (Å²) in [5.74, 6) is -2.72. The maximum absolute atomic E-state index is 15.4. The van der Waals surface area contributed by atoms with Crippen LogP contribution in [0, 0.1) is 23.0 Å². The number of fused-ring (bicyclic) bond motifs is 1. The lowest BCUT2D eigenvalue weighted by molar-refractivity contribution is 0.249. The zero-order valence-corrected chi connectivity index (χ0v) is 23.0. The molecule has 12 heteroatoms. The Morgan fingerprint density at radius 2 is 1.90 bits per heavy atom. The number of aliphatic imine (C=N–C) groups is 2. The van der Waals surface area contributed by atoms with Gasteiger partial charge in [-0.3, -0.25) is 24.8 Å². The van der Waals surface area contributed by atoms with E-state index in [0.29, 0.717) is 40.2 Å². The van der Waals surface area contributed by atoms with Crippen LogP contribution in [0.1, 0.15) is 37.9 Å². The summed E-state index contributed by atoms with van der Waals surface area (Å²) in [5, 5.41) is 9.41. The van der Waals surface area contributed by atoms with Gasteiger partial charge in [-0.25, -0.2) is 13.6 Å². The van der Waals surface area contributed by atoms with E-state index in [2.05, 4.69) is 21.0 Å². The summed E-state index contributed by atoms with van der Waals surface area (Å²) in [6.07, 6.45) is 7.68. The maximum atomic E-state index is 15.4. The van der Waals surface area contributed by atoms with Crippen molar-refractivity contribution in [1.29, 1.82) is 5.26 Å². The molecule has 0 saturated heterocycles. The van der Waals surface area contributed by atoms with Gasteiger partial charge in [-0.05, 0) is 19.4 Å². The van der Waals surface area contributed by atoms with Crippen LogP contribution in [-0.4, -0.2) is 51.4 Å². The fraction of sp³-hybridized carbons (Fsp3) is 0.321. The number of benzene rings is 1. The highest BCUT2D eigenvalue weighted by Gasteiger charge is 2.37. The van der Waals surface area contributed by atoms with E-state index >= 15 is 8.78 Å². The van der Waals surface area contributed by atoms with Gasteiger partial charge in [0.2, 0.25) is 0 Å².